The molecule has 0 spiro atoms. The van der Waals surface area contributed by atoms with E-state index in [-0.39, 0.29) is 17.6 Å². The van der Waals surface area contributed by atoms with Crippen molar-refractivity contribution >= 4 is 23.6 Å². The van der Waals surface area contributed by atoms with Gasteiger partial charge in [-0.15, -0.1) is 5.10 Å². The summed E-state index contributed by atoms with van der Waals surface area (Å²) in [6.45, 7) is 8.21. The van der Waals surface area contributed by atoms with E-state index in [4.69, 9.17) is 0 Å². The van der Waals surface area contributed by atoms with Crippen molar-refractivity contribution in [2.24, 2.45) is 0 Å². The predicted molar refractivity (Wildman–Crippen MR) is 100 cm³/mol. The Morgan fingerprint density at radius 2 is 1.96 bits per heavy atom. The van der Waals surface area contributed by atoms with E-state index in [1.54, 1.807) is 11.6 Å². The molecular weight excluding hydrogens is 352 g/mol. The number of nitrogens with one attached hydrogen (secondary N) is 2. The Balaban J connectivity index is 1.98. The zero-order valence-corrected chi connectivity index (χ0v) is 16.3. The molecule has 0 aliphatic rings. The van der Waals surface area contributed by atoms with Crippen LogP contribution in [0.5, 0.6) is 0 Å². The van der Waals surface area contributed by atoms with Crippen molar-refractivity contribution in [2.75, 3.05) is 12.3 Å². The van der Waals surface area contributed by atoms with Gasteiger partial charge >= 0.3 is 0 Å². The number of aryl methyl sites for hydroxylation is 2. The number of rotatable bonds is 8. The zero-order valence-electron chi connectivity index (χ0n) is 15.4. The summed E-state index contributed by atoms with van der Waals surface area (Å²) in [7, 11) is 0. The summed E-state index contributed by atoms with van der Waals surface area (Å²) in [5.74, 6) is -0.313. The van der Waals surface area contributed by atoms with E-state index in [1.165, 1.54) is 11.8 Å². The maximum absolute atomic E-state index is 12.1. The van der Waals surface area contributed by atoms with Crippen LogP contribution < -0.4 is 10.6 Å². The molecule has 2 aromatic rings. The molecule has 0 aliphatic carbocycles. The second-order valence-corrected chi connectivity index (χ2v) is 6.93. The topological polar surface area (TPSA) is 102 Å². The smallest absolute Gasteiger partial charge is 0.242 e. The lowest BCUT2D eigenvalue weighted by molar-refractivity contribution is -0.127. The van der Waals surface area contributed by atoms with E-state index in [2.05, 4.69) is 26.2 Å². The van der Waals surface area contributed by atoms with Gasteiger partial charge in [0.15, 0.2) is 0 Å². The Morgan fingerprint density at radius 3 is 2.62 bits per heavy atom. The normalized spacial score (nSPS) is 11.8. The van der Waals surface area contributed by atoms with E-state index < -0.39 is 6.04 Å². The second kappa shape index (κ2) is 9.33. The standard InChI is InChI=1S/C17H24N6O2S/c1-5-9-18-16(25)13(4)19-14(24)10-26-17-20-21-22-23(17)15-11(2)7-6-8-12(15)3/h6-8,13H,5,9-10H2,1-4H3,(H,18,25)(H,19,24)/t13-/m0/s1. The van der Waals surface area contributed by atoms with Gasteiger partial charge < -0.3 is 10.6 Å². The molecule has 2 amide bonds. The quantitative estimate of drug-likeness (QED) is 0.675. The first-order chi connectivity index (χ1) is 12.4. The largest absolute Gasteiger partial charge is 0.354 e. The Hall–Kier alpha value is -2.42. The summed E-state index contributed by atoms with van der Waals surface area (Å²) < 4.78 is 1.64. The van der Waals surface area contributed by atoms with Crippen LogP contribution in [0.25, 0.3) is 5.69 Å². The van der Waals surface area contributed by atoms with E-state index in [9.17, 15) is 9.59 Å². The summed E-state index contributed by atoms with van der Waals surface area (Å²) in [6, 6.07) is 5.37. The molecule has 0 fully saturated rings. The van der Waals surface area contributed by atoms with Gasteiger partial charge in [-0.2, -0.15) is 4.68 Å². The number of benzene rings is 1. The Labute approximate surface area is 157 Å². The van der Waals surface area contributed by atoms with Crippen LogP contribution in [0.15, 0.2) is 23.4 Å². The summed E-state index contributed by atoms with van der Waals surface area (Å²) in [5, 5.41) is 17.7. The van der Waals surface area contributed by atoms with Crippen LogP contribution in [0.2, 0.25) is 0 Å². The minimum Gasteiger partial charge on any atom is -0.354 e. The first-order valence-electron chi connectivity index (χ1n) is 8.48. The number of amides is 2. The highest BCUT2D eigenvalue weighted by Gasteiger charge is 2.17. The first kappa shape index (κ1) is 19.9. The van der Waals surface area contributed by atoms with E-state index in [0.717, 1.165) is 23.2 Å². The minimum absolute atomic E-state index is 0.122. The van der Waals surface area contributed by atoms with Crippen LogP contribution >= 0.6 is 11.8 Å². The first-order valence-corrected chi connectivity index (χ1v) is 9.47. The Kier molecular flexibility index (Phi) is 7.14. The number of hydrogen-bond donors (Lipinski definition) is 2. The second-order valence-electron chi connectivity index (χ2n) is 5.98. The highest BCUT2D eigenvalue weighted by atomic mass is 32.2. The third-order valence-corrected chi connectivity index (χ3v) is 4.66. The van der Waals surface area contributed by atoms with Gasteiger partial charge in [-0.3, -0.25) is 9.59 Å². The predicted octanol–water partition coefficient (Wildman–Crippen LogP) is 1.40. The maximum atomic E-state index is 12.1. The molecule has 0 radical (unpaired) electrons. The van der Waals surface area contributed by atoms with Crippen molar-refractivity contribution in [3.8, 4) is 5.69 Å². The lowest BCUT2D eigenvalue weighted by atomic mass is 10.1. The van der Waals surface area contributed by atoms with Crippen LogP contribution in [0.1, 0.15) is 31.4 Å². The number of nitrogens with zero attached hydrogens (tertiary/aromatic N) is 4. The number of hydrogen-bond acceptors (Lipinski definition) is 6. The fourth-order valence-electron chi connectivity index (χ4n) is 2.43. The number of thioether (sulfide) groups is 1. The van der Waals surface area contributed by atoms with Crippen LogP contribution in [-0.4, -0.2) is 50.4 Å². The van der Waals surface area contributed by atoms with Crippen molar-refractivity contribution in [1.82, 2.24) is 30.8 Å². The number of aromatic nitrogens is 4. The van der Waals surface area contributed by atoms with Crippen molar-refractivity contribution in [3.05, 3.63) is 29.3 Å². The zero-order chi connectivity index (χ0) is 19.1. The van der Waals surface area contributed by atoms with E-state index in [0.29, 0.717) is 11.7 Å². The molecule has 1 atom stereocenters. The number of carbonyl (C=O) groups is 2. The molecule has 2 rings (SSSR count). The average Bonchev–Trinajstić information content (AvgIpc) is 3.05. The lowest BCUT2D eigenvalue weighted by Gasteiger charge is -2.14. The monoisotopic (exact) mass is 376 g/mol. The van der Waals surface area contributed by atoms with Crippen molar-refractivity contribution in [3.63, 3.8) is 0 Å². The Morgan fingerprint density at radius 1 is 1.27 bits per heavy atom. The third kappa shape index (κ3) is 5.04. The van der Waals surface area contributed by atoms with Gasteiger partial charge in [0, 0.05) is 6.54 Å². The minimum atomic E-state index is -0.579. The SMILES string of the molecule is CCCNC(=O)[C@H](C)NC(=O)CSc1nnnn1-c1c(C)cccc1C. The fourth-order valence-corrected chi connectivity index (χ4v) is 3.12. The van der Waals surface area contributed by atoms with Gasteiger partial charge in [0.1, 0.15) is 6.04 Å². The molecule has 1 heterocycles. The number of para-hydroxylation sites is 1. The van der Waals surface area contributed by atoms with Crippen LogP contribution in [0, 0.1) is 13.8 Å². The highest BCUT2D eigenvalue weighted by molar-refractivity contribution is 7.99. The molecule has 0 saturated heterocycles. The van der Waals surface area contributed by atoms with Gasteiger partial charge in [-0.25, -0.2) is 0 Å². The van der Waals surface area contributed by atoms with Crippen LogP contribution in [-0.2, 0) is 9.59 Å². The molecular formula is C17H24N6O2S. The van der Waals surface area contributed by atoms with Crippen molar-refractivity contribution in [1.29, 1.82) is 0 Å². The molecule has 0 aliphatic heterocycles. The summed E-state index contributed by atoms with van der Waals surface area (Å²) in [4.78, 5) is 23.9. The third-order valence-electron chi connectivity index (χ3n) is 3.74. The van der Waals surface area contributed by atoms with E-state index >= 15 is 0 Å². The van der Waals surface area contributed by atoms with E-state index in [1.807, 2.05) is 39.0 Å². The number of tetrazole rings is 1. The highest BCUT2D eigenvalue weighted by Crippen LogP contribution is 2.23. The van der Waals surface area contributed by atoms with Gasteiger partial charge in [-0.05, 0) is 48.7 Å². The molecule has 2 N–H and O–H groups in total. The van der Waals surface area contributed by atoms with Gasteiger partial charge in [0.2, 0.25) is 17.0 Å². The van der Waals surface area contributed by atoms with Crippen molar-refractivity contribution < 1.29 is 9.59 Å². The maximum Gasteiger partial charge on any atom is 0.242 e. The summed E-state index contributed by atoms with van der Waals surface area (Å²) >= 11 is 1.23. The molecule has 8 nitrogen and oxygen atoms in total. The van der Waals surface area contributed by atoms with Crippen molar-refractivity contribution in [2.45, 2.75) is 45.3 Å². The summed E-state index contributed by atoms with van der Waals surface area (Å²) in [5.41, 5.74) is 3.00. The summed E-state index contributed by atoms with van der Waals surface area (Å²) in [6.07, 6.45) is 0.850. The van der Waals surface area contributed by atoms with Crippen LogP contribution in [0.3, 0.4) is 0 Å². The fraction of sp³-hybridized carbons (Fsp3) is 0.471. The molecule has 1 aromatic heterocycles. The molecule has 0 unspecified atom stereocenters. The molecule has 1 aromatic carbocycles. The van der Waals surface area contributed by atoms with Gasteiger partial charge in [0.25, 0.3) is 0 Å². The molecule has 140 valence electrons. The van der Waals surface area contributed by atoms with Crippen LogP contribution in [0.4, 0.5) is 0 Å². The molecule has 0 saturated carbocycles. The molecule has 9 heteroatoms. The molecule has 26 heavy (non-hydrogen) atoms. The van der Waals surface area contributed by atoms with Gasteiger partial charge in [0.05, 0.1) is 11.4 Å². The lowest BCUT2D eigenvalue weighted by Crippen LogP contribution is -2.45. The number of carbonyl (C=O) groups excluding carboxylic acids is 2. The van der Waals surface area contributed by atoms with Gasteiger partial charge in [-0.1, -0.05) is 36.9 Å². The Bertz CT molecular complexity index is 756. The molecule has 0 bridgehead atoms. The average molecular weight is 376 g/mol.